The minimum atomic E-state index is 0.354. The largest absolute Gasteiger partial charge is 0.508 e. The van der Waals surface area contributed by atoms with Gasteiger partial charge in [-0.2, -0.15) is 0 Å². The quantitative estimate of drug-likeness (QED) is 0.787. The van der Waals surface area contributed by atoms with Crippen LogP contribution in [0.4, 0.5) is 0 Å². The van der Waals surface area contributed by atoms with E-state index in [1.165, 1.54) is 12.0 Å². The SMILES string of the molecule is CCC(CC(C)(C)C)c1ccc(O)c(C)c1. The van der Waals surface area contributed by atoms with Crippen molar-refractivity contribution in [3.8, 4) is 5.75 Å². The normalized spacial score (nSPS) is 13.8. The molecule has 0 spiro atoms. The highest BCUT2D eigenvalue weighted by Crippen LogP contribution is 2.34. The van der Waals surface area contributed by atoms with Crippen LogP contribution in [0.15, 0.2) is 18.2 Å². The van der Waals surface area contributed by atoms with E-state index in [-0.39, 0.29) is 0 Å². The van der Waals surface area contributed by atoms with Crippen LogP contribution in [0, 0.1) is 12.3 Å². The van der Waals surface area contributed by atoms with Crippen molar-refractivity contribution in [1.29, 1.82) is 0 Å². The monoisotopic (exact) mass is 220 g/mol. The lowest BCUT2D eigenvalue weighted by atomic mass is 9.80. The third-order valence-corrected chi connectivity index (χ3v) is 3.04. The predicted octanol–water partition coefficient (Wildman–Crippen LogP) is 4.63. The molecule has 1 rings (SSSR count). The number of phenolic OH excluding ortho intramolecular Hbond substituents is 1. The molecular weight excluding hydrogens is 196 g/mol. The molecule has 1 N–H and O–H groups in total. The van der Waals surface area contributed by atoms with Crippen molar-refractivity contribution in [2.24, 2.45) is 5.41 Å². The van der Waals surface area contributed by atoms with E-state index >= 15 is 0 Å². The lowest BCUT2D eigenvalue weighted by Crippen LogP contribution is -2.11. The second-order valence-corrected chi connectivity index (χ2v) is 5.92. The van der Waals surface area contributed by atoms with Gasteiger partial charge in [-0.15, -0.1) is 0 Å². The van der Waals surface area contributed by atoms with Crippen LogP contribution in [-0.2, 0) is 0 Å². The fraction of sp³-hybridized carbons (Fsp3) is 0.600. The molecule has 90 valence electrons. The maximum Gasteiger partial charge on any atom is 0.118 e. The summed E-state index contributed by atoms with van der Waals surface area (Å²) in [6.45, 7) is 11.0. The Hall–Kier alpha value is -0.980. The Morgan fingerprint density at radius 3 is 2.31 bits per heavy atom. The molecule has 16 heavy (non-hydrogen) atoms. The molecule has 0 heterocycles. The maximum atomic E-state index is 9.53. The van der Waals surface area contributed by atoms with Crippen LogP contribution >= 0.6 is 0 Å². The van der Waals surface area contributed by atoms with E-state index in [0.717, 1.165) is 12.0 Å². The van der Waals surface area contributed by atoms with Crippen molar-refractivity contribution >= 4 is 0 Å². The standard InChI is InChI=1S/C15H24O/c1-6-12(10-15(3,4)5)13-7-8-14(16)11(2)9-13/h7-9,12,16H,6,10H2,1-5H3. The summed E-state index contributed by atoms with van der Waals surface area (Å²) in [5.41, 5.74) is 2.68. The first kappa shape index (κ1) is 13.1. The van der Waals surface area contributed by atoms with Crippen LogP contribution in [0.5, 0.6) is 5.75 Å². The molecule has 0 radical (unpaired) electrons. The smallest absolute Gasteiger partial charge is 0.118 e. The van der Waals surface area contributed by atoms with Crippen molar-refractivity contribution in [3.63, 3.8) is 0 Å². The minimum Gasteiger partial charge on any atom is -0.508 e. The first-order valence-corrected chi connectivity index (χ1v) is 6.13. The lowest BCUT2D eigenvalue weighted by molar-refractivity contribution is 0.335. The van der Waals surface area contributed by atoms with E-state index in [2.05, 4.69) is 39.8 Å². The lowest BCUT2D eigenvalue weighted by Gasteiger charge is -2.25. The molecule has 1 unspecified atom stereocenters. The molecule has 0 amide bonds. The summed E-state index contributed by atoms with van der Waals surface area (Å²) in [6.07, 6.45) is 2.34. The Kier molecular flexibility index (Phi) is 4.01. The third kappa shape index (κ3) is 3.55. The summed E-state index contributed by atoms with van der Waals surface area (Å²) in [7, 11) is 0. The van der Waals surface area contributed by atoms with Gasteiger partial charge >= 0.3 is 0 Å². The Labute approximate surface area is 99.5 Å². The van der Waals surface area contributed by atoms with E-state index in [1.807, 2.05) is 13.0 Å². The van der Waals surface area contributed by atoms with Crippen molar-refractivity contribution in [1.82, 2.24) is 0 Å². The Bertz CT molecular complexity index is 347. The fourth-order valence-electron chi connectivity index (χ4n) is 2.17. The molecule has 0 saturated carbocycles. The average Bonchev–Trinajstić information content (AvgIpc) is 2.17. The maximum absolute atomic E-state index is 9.53. The van der Waals surface area contributed by atoms with Crippen LogP contribution < -0.4 is 0 Å². The van der Waals surface area contributed by atoms with Gasteiger partial charge in [0.25, 0.3) is 0 Å². The van der Waals surface area contributed by atoms with Gasteiger partial charge in [0.1, 0.15) is 5.75 Å². The summed E-state index contributed by atoms with van der Waals surface area (Å²) in [6, 6.07) is 5.99. The van der Waals surface area contributed by atoms with Crippen LogP contribution in [0.2, 0.25) is 0 Å². The van der Waals surface area contributed by atoms with Gasteiger partial charge in [-0.25, -0.2) is 0 Å². The molecule has 0 aliphatic carbocycles. The highest BCUT2D eigenvalue weighted by molar-refractivity contribution is 5.36. The molecule has 1 aromatic rings. The Morgan fingerprint density at radius 1 is 1.25 bits per heavy atom. The van der Waals surface area contributed by atoms with E-state index in [0.29, 0.717) is 17.1 Å². The summed E-state index contributed by atoms with van der Waals surface area (Å²) in [4.78, 5) is 0. The first-order valence-electron chi connectivity index (χ1n) is 6.13. The van der Waals surface area contributed by atoms with E-state index < -0.39 is 0 Å². The second kappa shape index (κ2) is 4.90. The molecule has 0 bridgehead atoms. The highest BCUT2D eigenvalue weighted by Gasteiger charge is 2.19. The van der Waals surface area contributed by atoms with Gasteiger partial charge in [0.2, 0.25) is 0 Å². The fourth-order valence-corrected chi connectivity index (χ4v) is 2.17. The molecule has 1 aromatic carbocycles. The van der Waals surface area contributed by atoms with Gasteiger partial charge in [0, 0.05) is 0 Å². The minimum absolute atomic E-state index is 0.354. The van der Waals surface area contributed by atoms with Crippen LogP contribution in [0.3, 0.4) is 0 Å². The summed E-state index contributed by atoms with van der Waals surface area (Å²) < 4.78 is 0. The summed E-state index contributed by atoms with van der Waals surface area (Å²) >= 11 is 0. The molecule has 0 saturated heterocycles. The Morgan fingerprint density at radius 2 is 1.88 bits per heavy atom. The van der Waals surface area contributed by atoms with Crippen molar-refractivity contribution in [2.75, 3.05) is 0 Å². The van der Waals surface area contributed by atoms with E-state index in [9.17, 15) is 5.11 Å². The van der Waals surface area contributed by atoms with Gasteiger partial charge in [0.15, 0.2) is 0 Å². The molecule has 1 heteroatoms. The van der Waals surface area contributed by atoms with Crippen LogP contribution in [0.25, 0.3) is 0 Å². The molecule has 1 atom stereocenters. The molecule has 0 fully saturated rings. The number of aryl methyl sites for hydroxylation is 1. The highest BCUT2D eigenvalue weighted by atomic mass is 16.3. The molecule has 0 aliphatic rings. The second-order valence-electron chi connectivity index (χ2n) is 5.92. The Balaban J connectivity index is 2.91. The zero-order valence-electron chi connectivity index (χ0n) is 11.2. The van der Waals surface area contributed by atoms with Gasteiger partial charge in [-0.3, -0.25) is 0 Å². The van der Waals surface area contributed by atoms with Crippen LogP contribution in [0.1, 0.15) is 57.6 Å². The van der Waals surface area contributed by atoms with Crippen molar-refractivity contribution in [2.45, 2.75) is 53.4 Å². The molecule has 0 aromatic heterocycles. The molecular formula is C15H24O. The van der Waals surface area contributed by atoms with E-state index in [1.54, 1.807) is 0 Å². The zero-order chi connectivity index (χ0) is 12.3. The summed E-state index contributed by atoms with van der Waals surface area (Å²) in [5, 5.41) is 9.53. The van der Waals surface area contributed by atoms with Gasteiger partial charge < -0.3 is 5.11 Å². The van der Waals surface area contributed by atoms with Crippen molar-refractivity contribution < 1.29 is 5.11 Å². The van der Waals surface area contributed by atoms with Crippen LogP contribution in [-0.4, -0.2) is 5.11 Å². The molecule has 1 nitrogen and oxygen atoms in total. The topological polar surface area (TPSA) is 20.2 Å². The number of aromatic hydroxyl groups is 1. The van der Waals surface area contributed by atoms with Gasteiger partial charge in [0.05, 0.1) is 0 Å². The first-order chi connectivity index (χ1) is 7.33. The van der Waals surface area contributed by atoms with Gasteiger partial charge in [-0.1, -0.05) is 39.8 Å². The van der Waals surface area contributed by atoms with Gasteiger partial charge in [-0.05, 0) is 48.3 Å². The zero-order valence-corrected chi connectivity index (χ0v) is 11.2. The number of benzene rings is 1. The predicted molar refractivity (Wildman–Crippen MR) is 69.9 cm³/mol. The number of phenols is 1. The number of rotatable bonds is 3. The molecule has 0 aliphatic heterocycles. The van der Waals surface area contributed by atoms with E-state index in [4.69, 9.17) is 0 Å². The number of hydrogen-bond donors (Lipinski definition) is 1. The summed E-state index contributed by atoms with van der Waals surface area (Å²) in [5.74, 6) is 0.994. The third-order valence-electron chi connectivity index (χ3n) is 3.04. The number of hydrogen-bond acceptors (Lipinski definition) is 1. The van der Waals surface area contributed by atoms with Crippen molar-refractivity contribution in [3.05, 3.63) is 29.3 Å². The average molecular weight is 220 g/mol.